The lowest BCUT2D eigenvalue weighted by Gasteiger charge is -1.90. The summed E-state index contributed by atoms with van der Waals surface area (Å²) in [6.07, 6.45) is 1.61. The number of thiazole rings is 1. The Morgan fingerprint density at radius 3 is 2.80 bits per heavy atom. The molecule has 2 aromatic heterocycles. The van der Waals surface area contributed by atoms with Crippen LogP contribution < -0.4 is 5.73 Å². The van der Waals surface area contributed by atoms with Gasteiger partial charge in [-0.2, -0.15) is 5.10 Å². The molecule has 0 bridgehead atoms. The summed E-state index contributed by atoms with van der Waals surface area (Å²) >= 11 is 1.34. The molecular weight excluding hydrogens is 212 g/mol. The smallest absolute Gasteiger partial charge is 0.171 e. The fraction of sp³-hybridized carbons (Fsp3) is 0.222. The highest BCUT2D eigenvalue weighted by molar-refractivity contribution is 7.17. The van der Waals surface area contributed by atoms with Crippen LogP contribution in [0.4, 0.5) is 5.82 Å². The van der Waals surface area contributed by atoms with Crippen LogP contribution in [0, 0.1) is 6.92 Å². The zero-order valence-corrected chi connectivity index (χ0v) is 9.18. The van der Waals surface area contributed by atoms with Gasteiger partial charge < -0.3 is 5.73 Å². The minimum atomic E-state index is 0.0262. The van der Waals surface area contributed by atoms with Crippen LogP contribution in [0.3, 0.4) is 0 Å². The third-order valence-electron chi connectivity index (χ3n) is 2.02. The molecule has 2 aromatic rings. The number of carbonyl (C=O) groups excluding carboxylic acids is 1. The van der Waals surface area contributed by atoms with E-state index in [0.29, 0.717) is 10.7 Å². The van der Waals surface area contributed by atoms with Crippen molar-refractivity contribution in [2.75, 3.05) is 5.73 Å². The normalized spacial score (nSPS) is 10.5. The Balaban J connectivity index is 2.52. The van der Waals surface area contributed by atoms with Gasteiger partial charge >= 0.3 is 0 Å². The summed E-state index contributed by atoms with van der Waals surface area (Å²) < 4.78 is 0. The van der Waals surface area contributed by atoms with Gasteiger partial charge in [0.15, 0.2) is 5.78 Å². The van der Waals surface area contributed by atoms with Gasteiger partial charge in [0.1, 0.15) is 10.8 Å². The molecule has 5 nitrogen and oxygen atoms in total. The molecular formula is C9H10N4OS. The molecule has 0 aliphatic heterocycles. The minimum absolute atomic E-state index is 0.0262. The van der Waals surface area contributed by atoms with Crippen molar-refractivity contribution in [1.82, 2.24) is 15.2 Å². The predicted molar refractivity (Wildman–Crippen MR) is 58.8 cm³/mol. The number of nitrogens with zero attached hydrogens (tertiary/aromatic N) is 2. The second-order valence-electron chi connectivity index (χ2n) is 3.19. The van der Waals surface area contributed by atoms with Crippen LogP contribution in [-0.4, -0.2) is 21.0 Å². The number of aromatic nitrogens is 3. The second kappa shape index (κ2) is 3.47. The first-order valence-electron chi connectivity index (χ1n) is 4.37. The molecule has 0 fully saturated rings. The highest BCUT2D eigenvalue weighted by Crippen LogP contribution is 2.30. The Hall–Kier alpha value is -1.69. The maximum Gasteiger partial charge on any atom is 0.171 e. The van der Waals surface area contributed by atoms with Crippen molar-refractivity contribution in [3.8, 4) is 10.6 Å². The molecule has 0 aliphatic carbocycles. The first kappa shape index (κ1) is 9.85. The average molecular weight is 222 g/mol. The van der Waals surface area contributed by atoms with Crippen molar-refractivity contribution in [2.45, 2.75) is 13.8 Å². The molecule has 0 aromatic carbocycles. The molecule has 0 aliphatic rings. The number of nitrogens with two attached hydrogens (primary N) is 1. The second-order valence-corrected chi connectivity index (χ2v) is 4.19. The van der Waals surface area contributed by atoms with Crippen LogP contribution in [0.1, 0.15) is 22.3 Å². The number of carbonyl (C=O) groups is 1. The Labute approximate surface area is 90.3 Å². The van der Waals surface area contributed by atoms with Gasteiger partial charge in [-0.15, -0.1) is 11.3 Å². The summed E-state index contributed by atoms with van der Waals surface area (Å²) in [7, 11) is 0. The molecule has 0 saturated carbocycles. The highest BCUT2D eigenvalue weighted by atomic mass is 32.1. The first-order chi connectivity index (χ1) is 7.09. The monoisotopic (exact) mass is 222 g/mol. The molecule has 0 atom stereocenters. The molecule has 78 valence electrons. The number of H-pyrrole nitrogens is 1. The molecule has 0 unspecified atom stereocenters. The fourth-order valence-electron chi connectivity index (χ4n) is 1.30. The van der Waals surface area contributed by atoms with E-state index in [1.807, 2.05) is 6.92 Å². The van der Waals surface area contributed by atoms with E-state index in [-0.39, 0.29) is 5.78 Å². The largest absolute Gasteiger partial charge is 0.383 e. The molecule has 15 heavy (non-hydrogen) atoms. The van der Waals surface area contributed by atoms with E-state index >= 15 is 0 Å². The van der Waals surface area contributed by atoms with Gasteiger partial charge in [-0.25, -0.2) is 4.98 Å². The van der Waals surface area contributed by atoms with Crippen LogP contribution in [-0.2, 0) is 0 Å². The van der Waals surface area contributed by atoms with E-state index in [1.165, 1.54) is 18.3 Å². The molecule has 6 heteroatoms. The third kappa shape index (κ3) is 1.63. The van der Waals surface area contributed by atoms with Gasteiger partial charge in [0.2, 0.25) is 0 Å². The molecule has 0 radical (unpaired) electrons. The molecule has 0 amide bonds. The van der Waals surface area contributed by atoms with Crippen molar-refractivity contribution in [3.63, 3.8) is 0 Å². The maximum absolute atomic E-state index is 11.2. The van der Waals surface area contributed by atoms with Crippen molar-refractivity contribution < 1.29 is 4.79 Å². The zero-order valence-electron chi connectivity index (χ0n) is 8.37. The lowest BCUT2D eigenvalue weighted by molar-refractivity contribution is 0.102. The zero-order chi connectivity index (χ0) is 11.0. The van der Waals surface area contributed by atoms with Gasteiger partial charge in [0.25, 0.3) is 0 Å². The fourth-order valence-corrected chi connectivity index (χ4v) is 2.29. The van der Waals surface area contributed by atoms with E-state index in [1.54, 1.807) is 6.20 Å². The van der Waals surface area contributed by atoms with E-state index in [0.717, 1.165) is 16.3 Å². The summed E-state index contributed by atoms with van der Waals surface area (Å²) in [5, 5.41) is 7.17. The minimum Gasteiger partial charge on any atom is -0.383 e. The van der Waals surface area contributed by atoms with Crippen molar-refractivity contribution >= 4 is 22.9 Å². The van der Waals surface area contributed by atoms with Gasteiger partial charge in [0.05, 0.1) is 22.3 Å². The van der Waals surface area contributed by atoms with Crippen molar-refractivity contribution in [2.24, 2.45) is 0 Å². The number of hydrogen-bond donors (Lipinski definition) is 2. The summed E-state index contributed by atoms with van der Waals surface area (Å²) in [5.41, 5.74) is 7.16. The van der Waals surface area contributed by atoms with Crippen LogP contribution in [0.5, 0.6) is 0 Å². The van der Waals surface area contributed by atoms with Crippen LogP contribution in [0.15, 0.2) is 6.20 Å². The number of nitrogen functional groups attached to an aromatic ring is 1. The van der Waals surface area contributed by atoms with E-state index in [2.05, 4.69) is 15.2 Å². The Kier molecular flexibility index (Phi) is 2.28. The standard InChI is InChI=1S/C9H10N4OS/c1-4-7(5(2)14)15-9(12-4)6-3-11-13-8(6)10/h3H,1-2H3,(H3,10,11,13). The van der Waals surface area contributed by atoms with Crippen LogP contribution >= 0.6 is 11.3 Å². The van der Waals surface area contributed by atoms with Gasteiger partial charge in [-0.3, -0.25) is 9.89 Å². The lowest BCUT2D eigenvalue weighted by Crippen LogP contribution is -1.89. The number of ketones is 1. The molecule has 2 heterocycles. The van der Waals surface area contributed by atoms with Crippen molar-refractivity contribution in [1.29, 1.82) is 0 Å². The topological polar surface area (TPSA) is 84.7 Å². The quantitative estimate of drug-likeness (QED) is 0.756. The Bertz CT molecular complexity index is 514. The number of anilines is 1. The Morgan fingerprint density at radius 1 is 1.60 bits per heavy atom. The van der Waals surface area contributed by atoms with Crippen molar-refractivity contribution in [3.05, 3.63) is 16.8 Å². The SMILES string of the molecule is CC(=O)c1sc(-c2cn[nH]c2N)nc1C. The highest BCUT2D eigenvalue weighted by Gasteiger charge is 2.15. The van der Waals surface area contributed by atoms with Crippen LogP contribution in [0.2, 0.25) is 0 Å². The predicted octanol–water partition coefficient (Wildman–Crippen LogP) is 1.63. The van der Waals surface area contributed by atoms with E-state index in [9.17, 15) is 4.79 Å². The summed E-state index contributed by atoms with van der Waals surface area (Å²) in [6, 6.07) is 0. The lowest BCUT2D eigenvalue weighted by atomic mass is 10.3. The number of rotatable bonds is 2. The van der Waals surface area contributed by atoms with Gasteiger partial charge in [-0.05, 0) is 6.92 Å². The van der Waals surface area contributed by atoms with Gasteiger partial charge in [-0.1, -0.05) is 0 Å². The average Bonchev–Trinajstić information content (AvgIpc) is 2.71. The van der Waals surface area contributed by atoms with Gasteiger partial charge in [0, 0.05) is 6.92 Å². The number of nitrogens with one attached hydrogen (secondary N) is 1. The van der Waals surface area contributed by atoms with E-state index < -0.39 is 0 Å². The first-order valence-corrected chi connectivity index (χ1v) is 5.19. The Morgan fingerprint density at radius 2 is 2.33 bits per heavy atom. The number of aromatic amines is 1. The summed E-state index contributed by atoms with van der Waals surface area (Å²) in [4.78, 5) is 16.2. The molecule has 0 spiro atoms. The van der Waals surface area contributed by atoms with Crippen LogP contribution in [0.25, 0.3) is 10.6 Å². The summed E-state index contributed by atoms with van der Waals surface area (Å²) in [5.74, 6) is 0.497. The maximum atomic E-state index is 11.2. The number of Topliss-reactive ketones (excluding diaryl/α,β-unsaturated/α-hetero) is 1. The molecule has 2 rings (SSSR count). The number of hydrogen-bond acceptors (Lipinski definition) is 5. The third-order valence-corrected chi connectivity index (χ3v) is 3.31. The molecule has 3 N–H and O–H groups in total. The van der Waals surface area contributed by atoms with E-state index in [4.69, 9.17) is 5.73 Å². The number of aryl methyl sites for hydroxylation is 1. The molecule has 0 saturated heterocycles. The summed E-state index contributed by atoms with van der Waals surface area (Å²) in [6.45, 7) is 3.34.